The van der Waals surface area contributed by atoms with E-state index in [1.54, 1.807) is 46.9 Å². The van der Waals surface area contributed by atoms with Gasteiger partial charge in [0, 0.05) is 24.1 Å². The first kappa shape index (κ1) is 35.8. The van der Waals surface area contributed by atoms with Crippen LogP contribution in [0, 0.1) is 11.3 Å². The molecule has 0 saturated carbocycles. The van der Waals surface area contributed by atoms with Crippen molar-refractivity contribution in [2.24, 2.45) is 16.3 Å². The molecule has 46 heavy (non-hydrogen) atoms. The quantitative estimate of drug-likeness (QED) is 0.0602. The number of nitrogens with one attached hydrogen (secondary N) is 3. The highest BCUT2D eigenvalue weighted by Gasteiger charge is 2.30. The van der Waals surface area contributed by atoms with Crippen molar-refractivity contribution in [2.45, 2.75) is 59.7 Å². The Kier molecular flexibility index (Phi) is 13.3. The second kappa shape index (κ2) is 17.1. The van der Waals surface area contributed by atoms with Crippen molar-refractivity contribution in [3.8, 4) is 0 Å². The van der Waals surface area contributed by atoms with Crippen LogP contribution < -0.4 is 16.0 Å². The Morgan fingerprint density at radius 1 is 0.957 bits per heavy atom. The number of aliphatic imine (C=N–C) groups is 1. The Hall–Kier alpha value is -4.71. The Morgan fingerprint density at radius 2 is 1.67 bits per heavy atom. The lowest BCUT2D eigenvalue weighted by Gasteiger charge is -2.25. The molecule has 0 aliphatic carbocycles. The molecule has 0 radical (unpaired) electrons. The first-order chi connectivity index (χ1) is 21.8. The topological polar surface area (TPSA) is 159 Å². The molecule has 2 atom stereocenters. The average molecular weight is 648 g/mol. The highest BCUT2D eigenvalue weighted by molar-refractivity contribution is 8.13. The number of nitrogens with zero attached hydrogens (tertiary/aromatic N) is 2. The van der Waals surface area contributed by atoms with Gasteiger partial charge in [-0.2, -0.15) is 0 Å². The molecule has 3 aromatic rings. The third kappa shape index (κ3) is 12.0. The maximum absolute atomic E-state index is 12.8. The van der Waals surface area contributed by atoms with Crippen LogP contribution in [0.3, 0.4) is 0 Å². The number of fused-ring (bicyclic) bond motifs is 1. The molecule has 12 heteroatoms. The van der Waals surface area contributed by atoms with E-state index in [4.69, 9.17) is 9.73 Å². The summed E-state index contributed by atoms with van der Waals surface area (Å²) in [5.74, 6) is -2.77. The zero-order valence-electron chi connectivity index (χ0n) is 26.7. The third-order valence-electron chi connectivity index (χ3n) is 6.69. The van der Waals surface area contributed by atoms with Crippen molar-refractivity contribution >= 4 is 63.3 Å². The second-order valence-electron chi connectivity index (χ2n) is 11.8. The van der Waals surface area contributed by atoms with E-state index >= 15 is 0 Å². The van der Waals surface area contributed by atoms with E-state index in [0.29, 0.717) is 16.4 Å². The van der Waals surface area contributed by atoms with E-state index in [0.717, 1.165) is 22.7 Å². The van der Waals surface area contributed by atoms with Crippen LogP contribution in [0.25, 0.3) is 17.0 Å². The molecule has 2 aromatic carbocycles. The first-order valence-corrected chi connectivity index (χ1v) is 15.8. The van der Waals surface area contributed by atoms with Gasteiger partial charge in [0.25, 0.3) is 0 Å². The van der Waals surface area contributed by atoms with Gasteiger partial charge in [-0.15, -0.1) is 0 Å². The predicted molar refractivity (Wildman–Crippen MR) is 181 cm³/mol. The summed E-state index contributed by atoms with van der Waals surface area (Å²) in [6, 6.07) is 17.8. The summed E-state index contributed by atoms with van der Waals surface area (Å²) in [4.78, 5) is 58.5. The number of esters is 1. The van der Waals surface area contributed by atoms with Crippen LogP contribution in [-0.4, -0.2) is 57.2 Å². The standard InChI is InChI=1S/C34H41N5O6S/c1-22(2)30(32(43)44)39-28(41)19-34(4,5)20-29(42)45-21-46-33(38-26-15-9-13-25-14-10-18-35-31(25)26)37-23(3)36-27(40)17-16-24-11-7-6-8-12-24/h6-18,22-23,30H,19-21H2,1-5H3,(H,36,40)(H,37,38)(H,39,41)(H,43,44)/b17-16+/t23?,30-/m0/s1. The average Bonchev–Trinajstić information content (AvgIpc) is 2.98. The summed E-state index contributed by atoms with van der Waals surface area (Å²) in [5.41, 5.74) is 1.40. The van der Waals surface area contributed by atoms with Crippen LogP contribution in [0.5, 0.6) is 0 Å². The van der Waals surface area contributed by atoms with Crippen molar-refractivity contribution in [3.63, 3.8) is 0 Å². The summed E-state index contributed by atoms with van der Waals surface area (Å²) in [5, 5.41) is 19.2. The molecule has 1 heterocycles. The monoisotopic (exact) mass is 647 g/mol. The van der Waals surface area contributed by atoms with Crippen LogP contribution in [0.4, 0.5) is 5.69 Å². The molecule has 0 fully saturated rings. The molecule has 2 amide bonds. The smallest absolute Gasteiger partial charge is 0.326 e. The number of carboxylic acid groups (broad SMARTS) is 1. The van der Waals surface area contributed by atoms with Crippen LogP contribution in [0.15, 0.2) is 77.9 Å². The summed E-state index contributed by atoms with van der Waals surface area (Å²) < 4.78 is 5.49. The number of hydrogen-bond donors (Lipinski definition) is 4. The van der Waals surface area contributed by atoms with E-state index in [1.807, 2.05) is 60.7 Å². The molecule has 11 nitrogen and oxygen atoms in total. The van der Waals surface area contributed by atoms with Crippen molar-refractivity contribution < 1.29 is 29.0 Å². The van der Waals surface area contributed by atoms with Gasteiger partial charge >= 0.3 is 11.9 Å². The number of benzene rings is 2. The number of para-hydroxylation sites is 1. The number of carbonyl (C=O) groups excluding carboxylic acids is 3. The van der Waals surface area contributed by atoms with Gasteiger partial charge in [-0.3, -0.25) is 19.4 Å². The number of carboxylic acids is 1. The minimum atomic E-state index is -1.11. The lowest BCUT2D eigenvalue weighted by atomic mass is 9.85. The number of ether oxygens (including phenoxy) is 1. The molecule has 0 spiro atoms. The molecule has 1 aromatic heterocycles. The number of thioether (sulfide) groups is 1. The maximum Gasteiger partial charge on any atom is 0.326 e. The Balaban J connectivity index is 1.64. The third-order valence-corrected chi connectivity index (χ3v) is 7.40. The first-order valence-electron chi connectivity index (χ1n) is 14.9. The molecule has 1 unspecified atom stereocenters. The number of pyridine rings is 1. The summed E-state index contributed by atoms with van der Waals surface area (Å²) in [6.07, 6.45) is 4.19. The normalized spacial score (nSPS) is 13.3. The van der Waals surface area contributed by atoms with Crippen LogP contribution in [-0.2, 0) is 23.9 Å². The molecule has 0 aliphatic heterocycles. The SMILES string of the molecule is CC(NC(=O)/C=C/c1ccccc1)N/C(=N\c1cccc2cccnc12)SCOC(=O)CC(C)(C)CC(=O)N[C@H](C(=O)O)C(C)C. The molecular formula is C34H41N5O6S. The van der Waals surface area contributed by atoms with E-state index in [9.17, 15) is 24.3 Å². The van der Waals surface area contributed by atoms with E-state index in [-0.39, 0.29) is 30.6 Å². The van der Waals surface area contributed by atoms with Gasteiger partial charge < -0.3 is 25.8 Å². The number of amidine groups is 1. The van der Waals surface area contributed by atoms with Gasteiger partial charge in [0.15, 0.2) is 5.17 Å². The molecule has 4 N–H and O–H groups in total. The van der Waals surface area contributed by atoms with Gasteiger partial charge in [0.05, 0.1) is 23.8 Å². The minimum Gasteiger partial charge on any atom is -0.480 e. The Bertz CT molecular complexity index is 1570. The summed E-state index contributed by atoms with van der Waals surface area (Å²) in [6.45, 7) is 8.66. The molecule has 0 aliphatic rings. The molecule has 244 valence electrons. The summed E-state index contributed by atoms with van der Waals surface area (Å²) in [7, 11) is 0. The van der Waals surface area contributed by atoms with Crippen molar-refractivity contribution in [1.82, 2.24) is 20.9 Å². The number of hydrogen-bond acceptors (Lipinski definition) is 8. The fourth-order valence-electron chi connectivity index (χ4n) is 4.44. The highest BCUT2D eigenvalue weighted by atomic mass is 32.2. The van der Waals surface area contributed by atoms with Crippen molar-refractivity contribution in [2.75, 3.05) is 5.94 Å². The zero-order valence-corrected chi connectivity index (χ0v) is 27.5. The Morgan fingerprint density at radius 3 is 2.37 bits per heavy atom. The Labute approximate surface area is 273 Å². The van der Waals surface area contributed by atoms with Gasteiger partial charge in [-0.05, 0) is 53.8 Å². The van der Waals surface area contributed by atoms with Crippen LogP contribution >= 0.6 is 11.8 Å². The summed E-state index contributed by atoms with van der Waals surface area (Å²) >= 11 is 1.13. The van der Waals surface area contributed by atoms with E-state index < -0.39 is 35.5 Å². The number of aromatic nitrogens is 1. The van der Waals surface area contributed by atoms with E-state index in [2.05, 4.69) is 20.9 Å². The number of aliphatic carboxylic acids is 1. The van der Waals surface area contributed by atoms with Crippen LogP contribution in [0.1, 0.15) is 53.0 Å². The number of carbonyl (C=O) groups is 4. The minimum absolute atomic E-state index is 0.0516. The molecule has 0 bridgehead atoms. The van der Waals surface area contributed by atoms with Gasteiger partial charge in [0.1, 0.15) is 12.0 Å². The maximum atomic E-state index is 12.8. The highest BCUT2D eigenvalue weighted by Crippen LogP contribution is 2.27. The lowest BCUT2D eigenvalue weighted by Crippen LogP contribution is -2.45. The van der Waals surface area contributed by atoms with Crippen molar-refractivity contribution in [1.29, 1.82) is 0 Å². The fourth-order valence-corrected chi connectivity index (χ4v) is 5.17. The molecule has 0 saturated heterocycles. The van der Waals surface area contributed by atoms with Gasteiger partial charge in [-0.1, -0.05) is 76.2 Å². The zero-order chi connectivity index (χ0) is 33.7. The largest absolute Gasteiger partial charge is 0.480 e. The fraction of sp³-hybridized carbons (Fsp3) is 0.353. The molecular weight excluding hydrogens is 606 g/mol. The lowest BCUT2D eigenvalue weighted by molar-refractivity contribution is -0.146. The number of rotatable bonds is 14. The van der Waals surface area contributed by atoms with Crippen LogP contribution in [0.2, 0.25) is 0 Å². The van der Waals surface area contributed by atoms with Crippen molar-refractivity contribution in [3.05, 3.63) is 78.5 Å². The van der Waals surface area contributed by atoms with Gasteiger partial charge in [0.2, 0.25) is 11.8 Å². The second-order valence-corrected chi connectivity index (χ2v) is 12.7. The number of amides is 2. The van der Waals surface area contributed by atoms with E-state index in [1.165, 1.54) is 6.08 Å². The van der Waals surface area contributed by atoms with Gasteiger partial charge in [-0.25, -0.2) is 9.79 Å². The molecule has 3 rings (SSSR count). The predicted octanol–water partition coefficient (Wildman–Crippen LogP) is 5.25.